The van der Waals surface area contributed by atoms with Crippen molar-refractivity contribution < 1.29 is 19.0 Å². The number of aryl methyl sites for hydroxylation is 2. The van der Waals surface area contributed by atoms with E-state index >= 15 is 0 Å². The maximum Gasteiger partial charge on any atom is 0.263 e. The van der Waals surface area contributed by atoms with Gasteiger partial charge in [-0.15, -0.1) is 0 Å². The largest absolute Gasteiger partial charge is 0.481 e. The van der Waals surface area contributed by atoms with Crippen LogP contribution in [0.2, 0.25) is 0 Å². The van der Waals surface area contributed by atoms with Gasteiger partial charge in [0.15, 0.2) is 17.6 Å². The number of carbonyl (C=O) groups is 1. The number of amides is 1. The maximum absolute atomic E-state index is 12.8. The highest BCUT2D eigenvalue weighted by Crippen LogP contribution is 2.32. The molecule has 1 amide bonds. The molecule has 154 valence electrons. The fraction of sp³-hybridized carbons (Fsp3) is 0.435. The van der Waals surface area contributed by atoms with Crippen LogP contribution in [-0.4, -0.2) is 54.8 Å². The van der Waals surface area contributed by atoms with Gasteiger partial charge in [-0.1, -0.05) is 12.1 Å². The lowest BCUT2D eigenvalue weighted by Gasteiger charge is -2.36. The van der Waals surface area contributed by atoms with E-state index in [1.165, 1.54) is 16.7 Å². The SMILES string of the molecule is Cc1ccc(O[C@@H](C)C(=O)N2CCN(Cc3ccc4c(c3)OCO4)CC2)cc1C. The molecule has 2 aliphatic heterocycles. The third-order valence-corrected chi connectivity index (χ3v) is 5.67. The smallest absolute Gasteiger partial charge is 0.263 e. The van der Waals surface area contributed by atoms with Crippen molar-refractivity contribution in [3.63, 3.8) is 0 Å². The van der Waals surface area contributed by atoms with Crippen molar-refractivity contribution in [1.82, 2.24) is 9.80 Å². The van der Waals surface area contributed by atoms with Crippen molar-refractivity contribution in [2.24, 2.45) is 0 Å². The van der Waals surface area contributed by atoms with E-state index in [2.05, 4.69) is 17.9 Å². The Morgan fingerprint density at radius 2 is 1.76 bits per heavy atom. The molecule has 0 spiro atoms. The minimum Gasteiger partial charge on any atom is -0.481 e. The summed E-state index contributed by atoms with van der Waals surface area (Å²) in [6.45, 7) is 10.2. The van der Waals surface area contributed by atoms with Gasteiger partial charge in [0, 0.05) is 32.7 Å². The van der Waals surface area contributed by atoms with Crippen LogP contribution in [0.4, 0.5) is 0 Å². The van der Waals surface area contributed by atoms with Crippen LogP contribution in [0.5, 0.6) is 17.2 Å². The first-order valence-electron chi connectivity index (χ1n) is 10.1. The van der Waals surface area contributed by atoms with Gasteiger partial charge in [0.25, 0.3) is 5.91 Å². The van der Waals surface area contributed by atoms with Crippen molar-refractivity contribution in [3.8, 4) is 17.2 Å². The number of hydrogen-bond donors (Lipinski definition) is 0. The first kappa shape index (κ1) is 19.6. The summed E-state index contributed by atoms with van der Waals surface area (Å²) in [5.74, 6) is 2.41. The number of rotatable bonds is 5. The molecule has 0 bridgehead atoms. The summed E-state index contributed by atoms with van der Waals surface area (Å²) in [5, 5.41) is 0. The maximum atomic E-state index is 12.8. The average molecular weight is 396 g/mol. The van der Waals surface area contributed by atoms with Crippen molar-refractivity contribution >= 4 is 5.91 Å². The molecule has 2 aromatic rings. The number of piperazine rings is 1. The minimum atomic E-state index is -0.488. The summed E-state index contributed by atoms with van der Waals surface area (Å²) >= 11 is 0. The Labute approximate surface area is 172 Å². The zero-order valence-electron chi connectivity index (χ0n) is 17.3. The van der Waals surface area contributed by atoms with E-state index in [-0.39, 0.29) is 5.91 Å². The second-order valence-corrected chi connectivity index (χ2v) is 7.80. The Balaban J connectivity index is 1.28. The average Bonchev–Trinajstić information content (AvgIpc) is 3.18. The third-order valence-electron chi connectivity index (χ3n) is 5.67. The van der Waals surface area contributed by atoms with Gasteiger partial charge in [-0.3, -0.25) is 9.69 Å². The molecule has 1 atom stereocenters. The molecule has 1 fully saturated rings. The lowest BCUT2D eigenvalue weighted by molar-refractivity contribution is -0.139. The predicted octanol–water partition coefficient (Wildman–Crippen LogP) is 3.14. The van der Waals surface area contributed by atoms with Crippen LogP contribution >= 0.6 is 0 Å². The number of nitrogens with zero attached hydrogens (tertiary/aromatic N) is 2. The fourth-order valence-corrected chi connectivity index (χ4v) is 3.72. The van der Waals surface area contributed by atoms with Gasteiger partial charge in [-0.2, -0.15) is 0 Å². The Kier molecular flexibility index (Phi) is 5.62. The summed E-state index contributed by atoms with van der Waals surface area (Å²) in [7, 11) is 0. The molecule has 0 aromatic heterocycles. The Hall–Kier alpha value is -2.73. The number of ether oxygens (including phenoxy) is 3. The Morgan fingerprint density at radius 1 is 1.00 bits per heavy atom. The number of carbonyl (C=O) groups excluding carboxylic acids is 1. The minimum absolute atomic E-state index is 0.0472. The van der Waals surface area contributed by atoms with Crippen molar-refractivity contribution in [3.05, 3.63) is 53.1 Å². The van der Waals surface area contributed by atoms with Crippen LogP contribution in [0.3, 0.4) is 0 Å². The Bertz CT molecular complexity index is 890. The first-order valence-corrected chi connectivity index (χ1v) is 10.1. The molecular weight excluding hydrogens is 368 g/mol. The van der Waals surface area contributed by atoms with E-state index in [1.807, 2.05) is 49.1 Å². The summed E-state index contributed by atoms with van der Waals surface area (Å²) in [6.07, 6.45) is -0.488. The zero-order valence-corrected chi connectivity index (χ0v) is 17.3. The van der Waals surface area contributed by atoms with E-state index in [1.54, 1.807) is 0 Å². The summed E-state index contributed by atoms with van der Waals surface area (Å²) < 4.78 is 16.7. The second-order valence-electron chi connectivity index (χ2n) is 7.80. The highest BCUT2D eigenvalue weighted by atomic mass is 16.7. The molecule has 4 rings (SSSR count). The lowest BCUT2D eigenvalue weighted by Crippen LogP contribution is -2.51. The van der Waals surface area contributed by atoms with Gasteiger partial charge < -0.3 is 19.1 Å². The molecule has 0 radical (unpaired) electrons. The summed E-state index contributed by atoms with van der Waals surface area (Å²) in [6, 6.07) is 12.0. The van der Waals surface area contributed by atoms with Crippen LogP contribution in [0.1, 0.15) is 23.6 Å². The summed E-state index contributed by atoms with van der Waals surface area (Å²) in [5.41, 5.74) is 3.58. The fourth-order valence-electron chi connectivity index (χ4n) is 3.72. The molecule has 0 unspecified atom stereocenters. The molecule has 2 heterocycles. The molecule has 6 heteroatoms. The van der Waals surface area contributed by atoms with Crippen molar-refractivity contribution in [2.45, 2.75) is 33.4 Å². The third kappa shape index (κ3) is 4.48. The van der Waals surface area contributed by atoms with Crippen LogP contribution in [-0.2, 0) is 11.3 Å². The molecule has 29 heavy (non-hydrogen) atoms. The first-order chi connectivity index (χ1) is 14.0. The van der Waals surface area contributed by atoms with Crippen molar-refractivity contribution in [1.29, 1.82) is 0 Å². The number of benzene rings is 2. The van der Waals surface area contributed by atoms with E-state index in [4.69, 9.17) is 14.2 Å². The van der Waals surface area contributed by atoms with Gasteiger partial charge in [0.1, 0.15) is 5.75 Å². The zero-order chi connectivity index (χ0) is 20.4. The summed E-state index contributed by atoms with van der Waals surface area (Å²) in [4.78, 5) is 17.1. The standard InChI is InChI=1S/C23H28N2O4/c1-16-4-6-20(12-17(16)2)29-18(3)23(26)25-10-8-24(9-11-25)14-19-5-7-21-22(13-19)28-15-27-21/h4-7,12-13,18H,8-11,14-15H2,1-3H3/t18-/m0/s1. The van der Waals surface area contributed by atoms with Crippen molar-refractivity contribution in [2.75, 3.05) is 33.0 Å². The van der Waals surface area contributed by atoms with Gasteiger partial charge in [0.05, 0.1) is 0 Å². The van der Waals surface area contributed by atoms with E-state index in [0.717, 1.165) is 36.9 Å². The highest BCUT2D eigenvalue weighted by molar-refractivity contribution is 5.81. The molecular formula is C23H28N2O4. The van der Waals surface area contributed by atoms with Crippen LogP contribution in [0.25, 0.3) is 0 Å². The van der Waals surface area contributed by atoms with E-state index < -0.39 is 6.10 Å². The van der Waals surface area contributed by atoms with Crippen LogP contribution in [0.15, 0.2) is 36.4 Å². The molecule has 0 aliphatic carbocycles. The highest BCUT2D eigenvalue weighted by Gasteiger charge is 2.26. The molecule has 0 saturated carbocycles. The van der Waals surface area contributed by atoms with Crippen LogP contribution in [0, 0.1) is 13.8 Å². The lowest BCUT2D eigenvalue weighted by atomic mass is 10.1. The predicted molar refractivity (Wildman–Crippen MR) is 110 cm³/mol. The monoisotopic (exact) mass is 396 g/mol. The molecule has 6 nitrogen and oxygen atoms in total. The second kappa shape index (κ2) is 8.33. The number of fused-ring (bicyclic) bond motifs is 1. The molecule has 2 aromatic carbocycles. The molecule has 2 aliphatic rings. The normalized spacial score (nSPS) is 17.3. The molecule has 0 N–H and O–H groups in total. The van der Waals surface area contributed by atoms with E-state index in [9.17, 15) is 4.79 Å². The molecule has 1 saturated heterocycles. The number of hydrogen-bond acceptors (Lipinski definition) is 5. The van der Waals surface area contributed by atoms with Gasteiger partial charge in [-0.25, -0.2) is 0 Å². The van der Waals surface area contributed by atoms with Gasteiger partial charge >= 0.3 is 0 Å². The van der Waals surface area contributed by atoms with Gasteiger partial charge in [0.2, 0.25) is 6.79 Å². The Morgan fingerprint density at radius 3 is 2.52 bits per heavy atom. The van der Waals surface area contributed by atoms with E-state index in [0.29, 0.717) is 19.9 Å². The van der Waals surface area contributed by atoms with Crippen LogP contribution < -0.4 is 14.2 Å². The quantitative estimate of drug-likeness (QED) is 0.777. The topological polar surface area (TPSA) is 51.2 Å². The van der Waals surface area contributed by atoms with Gasteiger partial charge in [-0.05, 0) is 61.7 Å².